The quantitative estimate of drug-likeness (QED) is 0.672. The smallest absolute Gasteiger partial charge is 0.339 e. The van der Waals surface area contributed by atoms with Crippen molar-refractivity contribution in [1.29, 1.82) is 0 Å². The fraction of sp³-hybridized carbons (Fsp3) is 0.400. The van der Waals surface area contributed by atoms with Crippen molar-refractivity contribution in [1.82, 2.24) is 14.5 Å². The molecule has 0 aromatic heterocycles. The lowest BCUT2D eigenvalue weighted by Crippen LogP contribution is -2.66. The molecule has 0 aliphatic carbocycles. The molecule has 2 heterocycles. The summed E-state index contributed by atoms with van der Waals surface area (Å²) in [5.41, 5.74) is -0.0726. The molecule has 1 unspecified atom stereocenters. The average molecular weight is 367 g/mol. The highest BCUT2D eigenvalue weighted by atomic mass is 32.2. The zero-order valence-corrected chi connectivity index (χ0v) is 14.3. The van der Waals surface area contributed by atoms with E-state index < -0.39 is 22.0 Å². The van der Waals surface area contributed by atoms with Crippen LogP contribution in [0.4, 0.5) is 0 Å². The van der Waals surface area contributed by atoms with Gasteiger partial charge in [0, 0.05) is 19.6 Å². The highest BCUT2D eigenvalue weighted by Crippen LogP contribution is 2.24. The number of nitrogens with zero attached hydrogens (tertiary/aromatic N) is 2. The van der Waals surface area contributed by atoms with E-state index in [0.717, 1.165) is 4.31 Å². The molecule has 2 amide bonds. The van der Waals surface area contributed by atoms with Crippen LogP contribution in [0.5, 0.6) is 0 Å². The van der Waals surface area contributed by atoms with Crippen LogP contribution in [0.15, 0.2) is 29.2 Å². The van der Waals surface area contributed by atoms with E-state index in [1.54, 1.807) is 0 Å². The van der Waals surface area contributed by atoms with Crippen LogP contribution in [0.25, 0.3) is 0 Å². The van der Waals surface area contributed by atoms with Gasteiger partial charge < -0.3 is 15.0 Å². The van der Waals surface area contributed by atoms with Crippen molar-refractivity contribution < 1.29 is 27.5 Å². The zero-order valence-electron chi connectivity index (χ0n) is 13.5. The van der Waals surface area contributed by atoms with Crippen molar-refractivity contribution in [2.24, 2.45) is 0 Å². The Kier molecular flexibility index (Phi) is 4.48. The van der Waals surface area contributed by atoms with Gasteiger partial charge in [-0.1, -0.05) is 12.1 Å². The summed E-state index contributed by atoms with van der Waals surface area (Å²) < 4.78 is 31.7. The summed E-state index contributed by atoms with van der Waals surface area (Å²) >= 11 is 0. The molecule has 3 rings (SSSR count). The largest absolute Gasteiger partial charge is 0.465 e. The number of rotatable bonds is 3. The van der Waals surface area contributed by atoms with Crippen LogP contribution in [-0.2, 0) is 24.3 Å². The number of fused-ring (bicyclic) bond motifs is 1. The number of carbonyl (C=O) groups excluding carboxylic acids is 3. The number of piperazine rings is 2. The molecule has 1 N–H and O–H groups in total. The van der Waals surface area contributed by atoms with Crippen LogP contribution in [0.3, 0.4) is 0 Å². The summed E-state index contributed by atoms with van der Waals surface area (Å²) in [7, 11) is -2.86. The van der Waals surface area contributed by atoms with Crippen LogP contribution in [0, 0.1) is 0 Å². The van der Waals surface area contributed by atoms with Crippen LogP contribution < -0.4 is 5.32 Å². The first-order chi connectivity index (χ1) is 11.9. The van der Waals surface area contributed by atoms with Gasteiger partial charge in [0.15, 0.2) is 0 Å². The predicted molar refractivity (Wildman–Crippen MR) is 85.1 cm³/mol. The van der Waals surface area contributed by atoms with Gasteiger partial charge in [-0.25, -0.2) is 13.2 Å². The van der Waals surface area contributed by atoms with E-state index in [9.17, 15) is 22.8 Å². The first-order valence-corrected chi connectivity index (χ1v) is 9.05. The van der Waals surface area contributed by atoms with Crippen LogP contribution in [0.2, 0.25) is 0 Å². The highest BCUT2D eigenvalue weighted by Gasteiger charge is 2.42. The Morgan fingerprint density at radius 2 is 1.96 bits per heavy atom. The number of nitrogens with one attached hydrogen (secondary N) is 1. The Morgan fingerprint density at radius 3 is 2.68 bits per heavy atom. The molecule has 0 spiro atoms. The summed E-state index contributed by atoms with van der Waals surface area (Å²) in [5.74, 6) is -1.39. The minimum Gasteiger partial charge on any atom is -0.465 e. The molecule has 2 aliphatic rings. The SMILES string of the molecule is COC(=O)c1ccccc1S(=O)(=O)N1CCN2C(=O)CNC(=O)C2C1. The molecule has 25 heavy (non-hydrogen) atoms. The van der Waals surface area contributed by atoms with Crippen molar-refractivity contribution >= 4 is 27.8 Å². The van der Waals surface area contributed by atoms with Gasteiger partial charge in [-0.2, -0.15) is 4.31 Å². The van der Waals surface area contributed by atoms with Gasteiger partial charge in [0.25, 0.3) is 0 Å². The molecule has 1 atom stereocenters. The second-order valence-corrected chi connectivity index (χ2v) is 7.58. The fourth-order valence-electron chi connectivity index (χ4n) is 2.99. The van der Waals surface area contributed by atoms with Gasteiger partial charge in [-0.05, 0) is 12.1 Å². The second-order valence-electron chi connectivity index (χ2n) is 5.67. The van der Waals surface area contributed by atoms with Gasteiger partial charge >= 0.3 is 5.97 Å². The van der Waals surface area contributed by atoms with Gasteiger partial charge in [0.1, 0.15) is 6.04 Å². The molecule has 2 saturated heterocycles. The minimum atomic E-state index is -4.02. The summed E-state index contributed by atoms with van der Waals surface area (Å²) in [5, 5.41) is 2.46. The molecule has 134 valence electrons. The first-order valence-electron chi connectivity index (χ1n) is 7.61. The summed E-state index contributed by atoms with van der Waals surface area (Å²) in [6.07, 6.45) is 0. The lowest BCUT2D eigenvalue weighted by atomic mass is 10.1. The van der Waals surface area contributed by atoms with Gasteiger partial charge in [0.05, 0.1) is 24.1 Å². The van der Waals surface area contributed by atoms with Crippen LogP contribution in [0.1, 0.15) is 10.4 Å². The minimum absolute atomic E-state index is 0.0490. The number of hydrogen-bond acceptors (Lipinski definition) is 6. The van der Waals surface area contributed by atoms with Crippen LogP contribution in [-0.4, -0.2) is 74.7 Å². The third-order valence-electron chi connectivity index (χ3n) is 4.29. The second kappa shape index (κ2) is 6.45. The third-order valence-corrected chi connectivity index (χ3v) is 6.21. The molecule has 1 aromatic rings. The van der Waals surface area contributed by atoms with E-state index in [1.807, 2.05) is 0 Å². The Hall–Kier alpha value is -2.46. The number of carbonyl (C=O) groups is 3. The number of sulfonamides is 1. The van der Waals surface area contributed by atoms with Crippen LogP contribution >= 0.6 is 0 Å². The molecular formula is C15H17N3O6S. The predicted octanol–water partition coefficient (Wildman–Crippen LogP) is -1.20. The van der Waals surface area contributed by atoms with E-state index in [-0.39, 0.29) is 48.5 Å². The van der Waals surface area contributed by atoms with E-state index >= 15 is 0 Å². The van der Waals surface area contributed by atoms with Crippen molar-refractivity contribution in [3.05, 3.63) is 29.8 Å². The van der Waals surface area contributed by atoms with Gasteiger partial charge in [-0.3, -0.25) is 9.59 Å². The van der Waals surface area contributed by atoms with E-state index in [4.69, 9.17) is 0 Å². The molecule has 1 aromatic carbocycles. The molecular weight excluding hydrogens is 350 g/mol. The summed E-state index contributed by atoms with van der Waals surface area (Å²) in [6, 6.07) is 4.87. The average Bonchev–Trinajstić information content (AvgIpc) is 2.64. The van der Waals surface area contributed by atoms with Crippen molar-refractivity contribution in [2.45, 2.75) is 10.9 Å². The Bertz CT molecular complexity index is 837. The Morgan fingerprint density at radius 1 is 1.24 bits per heavy atom. The topological polar surface area (TPSA) is 113 Å². The normalized spacial score (nSPS) is 21.5. The lowest BCUT2D eigenvalue weighted by molar-refractivity contribution is -0.147. The van der Waals surface area contributed by atoms with Gasteiger partial charge in [-0.15, -0.1) is 0 Å². The highest BCUT2D eigenvalue weighted by molar-refractivity contribution is 7.89. The molecule has 0 radical (unpaired) electrons. The number of amides is 2. The third kappa shape index (κ3) is 2.98. The Labute approximate surface area is 144 Å². The summed E-state index contributed by atoms with van der Waals surface area (Å²) in [4.78, 5) is 36.9. The number of methoxy groups -OCH3 is 1. The maximum absolute atomic E-state index is 13.0. The monoisotopic (exact) mass is 367 g/mol. The Balaban J connectivity index is 1.93. The lowest BCUT2D eigenvalue weighted by Gasteiger charge is -2.42. The molecule has 2 aliphatic heterocycles. The molecule has 9 nitrogen and oxygen atoms in total. The molecule has 2 fully saturated rings. The maximum Gasteiger partial charge on any atom is 0.339 e. The maximum atomic E-state index is 13.0. The summed E-state index contributed by atoms with van der Waals surface area (Å²) in [6.45, 7) is -0.0629. The van der Waals surface area contributed by atoms with E-state index in [1.165, 1.54) is 36.3 Å². The number of hydrogen-bond donors (Lipinski definition) is 1. The molecule has 0 saturated carbocycles. The standard InChI is InChI=1S/C15H17N3O6S/c1-24-15(21)10-4-2-3-5-12(10)25(22,23)17-6-7-18-11(9-17)14(20)16-8-13(18)19/h2-5,11H,6-9H2,1H3,(H,16,20). The van der Waals surface area contributed by atoms with E-state index in [0.29, 0.717) is 0 Å². The van der Waals surface area contributed by atoms with E-state index in [2.05, 4.69) is 10.1 Å². The number of esters is 1. The molecule has 0 bridgehead atoms. The molecule has 10 heteroatoms. The number of ether oxygens (including phenoxy) is 1. The first kappa shape index (κ1) is 17.4. The number of benzene rings is 1. The fourth-order valence-corrected chi connectivity index (χ4v) is 4.61. The van der Waals surface area contributed by atoms with Crippen molar-refractivity contribution in [3.8, 4) is 0 Å². The van der Waals surface area contributed by atoms with Gasteiger partial charge in [0.2, 0.25) is 21.8 Å². The van der Waals surface area contributed by atoms with Crippen molar-refractivity contribution in [2.75, 3.05) is 33.3 Å². The van der Waals surface area contributed by atoms with Crippen molar-refractivity contribution in [3.63, 3.8) is 0 Å². The zero-order chi connectivity index (χ0) is 18.2.